The summed E-state index contributed by atoms with van der Waals surface area (Å²) in [7, 11) is 0. The summed E-state index contributed by atoms with van der Waals surface area (Å²) in [6.45, 7) is 6.73. The molecule has 0 saturated carbocycles. The second-order valence-electron chi connectivity index (χ2n) is 8.35. The molecule has 4 aliphatic rings. The van der Waals surface area contributed by atoms with Crippen molar-refractivity contribution in [2.24, 2.45) is 11.8 Å². The molecule has 0 aliphatic carbocycles. The van der Waals surface area contributed by atoms with Gasteiger partial charge in [-0.3, -0.25) is 9.69 Å². The maximum atomic E-state index is 12.4. The molecule has 1 amide bonds. The lowest BCUT2D eigenvalue weighted by Gasteiger charge is -2.57. The third-order valence-electron chi connectivity index (χ3n) is 6.95. The minimum Gasteiger partial charge on any atom is -0.459 e. The minimum absolute atomic E-state index is 0.0231. The summed E-state index contributed by atoms with van der Waals surface area (Å²) >= 11 is 0. The molecule has 5 atom stereocenters. The second-order valence-corrected chi connectivity index (χ2v) is 8.35. The molecular weight excluding hydrogens is 316 g/mol. The molecule has 5 nitrogen and oxygen atoms in total. The van der Waals surface area contributed by atoms with Crippen molar-refractivity contribution in [3.63, 3.8) is 0 Å². The predicted octanol–water partition coefficient (Wildman–Crippen LogP) is 2.36. The molecule has 0 radical (unpaired) electrons. The molecule has 2 bridgehead atoms. The van der Waals surface area contributed by atoms with Gasteiger partial charge in [0, 0.05) is 50.1 Å². The van der Waals surface area contributed by atoms with E-state index < -0.39 is 0 Å². The summed E-state index contributed by atoms with van der Waals surface area (Å²) in [4.78, 5) is 29.3. The molecule has 0 aromatic heterocycles. The van der Waals surface area contributed by atoms with E-state index in [9.17, 15) is 9.59 Å². The summed E-state index contributed by atoms with van der Waals surface area (Å²) in [6.07, 6.45) is 7.91. The zero-order chi connectivity index (χ0) is 17.6. The van der Waals surface area contributed by atoms with E-state index >= 15 is 0 Å². The Labute approximate surface area is 150 Å². The third-order valence-corrected chi connectivity index (χ3v) is 6.95. The van der Waals surface area contributed by atoms with Crippen LogP contribution in [0.1, 0.15) is 52.4 Å². The summed E-state index contributed by atoms with van der Waals surface area (Å²) in [5.41, 5.74) is 0.686. The number of esters is 1. The van der Waals surface area contributed by atoms with E-state index in [1.807, 2.05) is 19.9 Å². The minimum atomic E-state index is -0.176. The average Bonchev–Trinajstić information content (AvgIpc) is 2.62. The van der Waals surface area contributed by atoms with E-state index in [1.54, 1.807) is 0 Å². The SMILES string of the molecule is C/C=C(\C)C(=O)O[C@H]1CCN2CC3CC(CN4C(=O)CCC[C@H]34)C2C1. The van der Waals surface area contributed by atoms with Crippen LogP contribution in [0.4, 0.5) is 0 Å². The smallest absolute Gasteiger partial charge is 0.333 e. The quantitative estimate of drug-likeness (QED) is 0.569. The molecule has 5 heteroatoms. The van der Waals surface area contributed by atoms with Gasteiger partial charge in [-0.1, -0.05) is 6.08 Å². The summed E-state index contributed by atoms with van der Waals surface area (Å²) < 4.78 is 5.74. The van der Waals surface area contributed by atoms with Crippen LogP contribution in [0, 0.1) is 11.8 Å². The number of nitrogens with zero attached hydrogens (tertiary/aromatic N) is 2. The zero-order valence-corrected chi connectivity index (χ0v) is 15.4. The molecule has 0 aromatic carbocycles. The van der Waals surface area contributed by atoms with Crippen molar-refractivity contribution in [3.05, 3.63) is 11.6 Å². The normalized spacial score (nSPS) is 38.8. The van der Waals surface area contributed by atoms with Gasteiger partial charge in [-0.2, -0.15) is 0 Å². The molecule has 4 fully saturated rings. The van der Waals surface area contributed by atoms with Crippen LogP contribution in [0.15, 0.2) is 11.6 Å². The highest BCUT2D eigenvalue weighted by molar-refractivity contribution is 5.87. The Morgan fingerprint density at radius 3 is 2.76 bits per heavy atom. The fraction of sp³-hybridized carbons (Fsp3) is 0.800. The van der Waals surface area contributed by atoms with Crippen molar-refractivity contribution in [2.45, 2.75) is 70.6 Å². The molecule has 138 valence electrons. The van der Waals surface area contributed by atoms with Crippen LogP contribution in [-0.2, 0) is 14.3 Å². The second kappa shape index (κ2) is 6.75. The first-order valence-electron chi connectivity index (χ1n) is 9.94. The van der Waals surface area contributed by atoms with E-state index in [0.717, 1.165) is 45.3 Å². The highest BCUT2D eigenvalue weighted by Crippen LogP contribution is 2.43. The first kappa shape index (κ1) is 17.1. The number of hydrogen-bond acceptors (Lipinski definition) is 4. The summed E-state index contributed by atoms with van der Waals surface area (Å²) in [5, 5.41) is 0. The summed E-state index contributed by atoms with van der Waals surface area (Å²) in [5.74, 6) is 1.37. The lowest BCUT2D eigenvalue weighted by molar-refractivity contribution is -0.156. The van der Waals surface area contributed by atoms with Gasteiger partial charge < -0.3 is 9.64 Å². The highest BCUT2D eigenvalue weighted by atomic mass is 16.5. The summed E-state index contributed by atoms with van der Waals surface area (Å²) in [6, 6.07) is 0.940. The van der Waals surface area contributed by atoms with Gasteiger partial charge in [0.2, 0.25) is 5.91 Å². The molecule has 4 aliphatic heterocycles. The Balaban J connectivity index is 1.44. The van der Waals surface area contributed by atoms with E-state index in [1.165, 1.54) is 12.8 Å². The van der Waals surface area contributed by atoms with E-state index in [0.29, 0.717) is 35.4 Å². The van der Waals surface area contributed by atoms with Gasteiger partial charge in [-0.25, -0.2) is 4.79 Å². The van der Waals surface area contributed by atoms with Crippen LogP contribution in [0.5, 0.6) is 0 Å². The predicted molar refractivity (Wildman–Crippen MR) is 94.9 cm³/mol. The lowest BCUT2D eigenvalue weighted by atomic mass is 9.70. The first-order valence-corrected chi connectivity index (χ1v) is 9.94. The standard InChI is InChI=1S/C20H30N2O3/c1-3-13(2)20(24)25-16-7-8-21-11-14-9-15(18(21)10-16)12-22-17(14)5-4-6-19(22)23/h3,14-18H,4-12H2,1-2H3/b13-3+/t14?,15?,16-,17+,18?/m0/s1. The molecule has 4 heterocycles. The molecular formula is C20H30N2O3. The maximum Gasteiger partial charge on any atom is 0.333 e. The molecule has 25 heavy (non-hydrogen) atoms. The van der Waals surface area contributed by atoms with Gasteiger partial charge in [0.1, 0.15) is 6.10 Å². The third kappa shape index (κ3) is 3.12. The van der Waals surface area contributed by atoms with Crippen LogP contribution in [0.25, 0.3) is 0 Å². The Morgan fingerprint density at radius 1 is 1.16 bits per heavy atom. The fourth-order valence-corrected chi connectivity index (χ4v) is 5.52. The number of piperidine rings is 4. The highest BCUT2D eigenvalue weighted by Gasteiger charge is 2.49. The molecule has 0 N–H and O–H groups in total. The van der Waals surface area contributed by atoms with E-state index in [-0.39, 0.29) is 12.1 Å². The van der Waals surface area contributed by atoms with Crippen LogP contribution < -0.4 is 0 Å². The Hall–Kier alpha value is -1.36. The molecule has 4 rings (SSSR count). The van der Waals surface area contributed by atoms with E-state index in [4.69, 9.17) is 4.74 Å². The number of rotatable bonds is 2. The molecule has 0 aromatic rings. The molecule has 4 saturated heterocycles. The number of amides is 1. The van der Waals surface area contributed by atoms with Gasteiger partial charge in [-0.05, 0) is 51.4 Å². The number of allylic oxidation sites excluding steroid dienone is 1. The fourth-order valence-electron chi connectivity index (χ4n) is 5.52. The lowest BCUT2D eigenvalue weighted by Crippen LogP contribution is -2.65. The number of ether oxygens (including phenoxy) is 1. The Kier molecular flexibility index (Phi) is 4.61. The average molecular weight is 346 g/mol. The van der Waals surface area contributed by atoms with E-state index in [2.05, 4.69) is 9.80 Å². The van der Waals surface area contributed by atoms with Crippen molar-refractivity contribution in [1.29, 1.82) is 0 Å². The van der Waals surface area contributed by atoms with Gasteiger partial charge in [-0.15, -0.1) is 0 Å². The number of hydrogen-bond donors (Lipinski definition) is 0. The molecule has 0 spiro atoms. The topological polar surface area (TPSA) is 49.9 Å². The molecule has 3 unspecified atom stereocenters. The van der Waals surface area contributed by atoms with Gasteiger partial charge in [0.15, 0.2) is 0 Å². The Bertz CT molecular complexity index is 587. The van der Waals surface area contributed by atoms with Crippen LogP contribution in [0.2, 0.25) is 0 Å². The van der Waals surface area contributed by atoms with Crippen molar-refractivity contribution >= 4 is 11.9 Å². The van der Waals surface area contributed by atoms with Gasteiger partial charge in [0.25, 0.3) is 0 Å². The largest absolute Gasteiger partial charge is 0.459 e. The van der Waals surface area contributed by atoms with Crippen molar-refractivity contribution in [3.8, 4) is 0 Å². The van der Waals surface area contributed by atoms with Gasteiger partial charge in [0.05, 0.1) is 0 Å². The van der Waals surface area contributed by atoms with Crippen molar-refractivity contribution in [1.82, 2.24) is 9.80 Å². The number of carbonyl (C=O) groups is 2. The zero-order valence-electron chi connectivity index (χ0n) is 15.4. The van der Waals surface area contributed by atoms with Crippen LogP contribution in [0.3, 0.4) is 0 Å². The monoisotopic (exact) mass is 346 g/mol. The van der Waals surface area contributed by atoms with Crippen LogP contribution >= 0.6 is 0 Å². The van der Waals surface area contributed by atoms with Crippen LogP contribution in [-0.4, -0.2) is 59.5 Å². The number of carbonyl (C=O) groups excluding carboxylic acids is 2. The number of fused-ring (bicyclic) bond motifs is 6. The van der Waals surface area contributed by atoms with Gasteiger partial charge >= 0.3 is 5.97 Å². The van der Waals surface area contributed by atoms with Crippen molar-refractivity contribution in [2.75, 3.05) is 19.6 Å². The maximum absolute atomic E-state index is 12.4. The first-order chi connectivity index (χ1) is 12.1. The Morgan fingerprint density at radius 2 is 1.96 bits per heavy atom. The van der Waals surface area contributed by atoms with Crippen molar-refractivity contribution < 1.29 is 14.3 Å².